The molecule has 0 aliphatic heterocycles. The van der Waals surface area contributed by atoms with Crippen LogP contribution in [-0.4, -0.2) is 6.26 Å². The van der Waals surface area contributed by atoms with E-state index in [0.717, 1.165) is 12.8 Å². The lowest BCUT2D eigenvalue weighted by atomic mass is 10.0. The highest BCUT2D eigenvalue weighted by Gasteiger charge is 2.05. The highest BCUT2D eigenvalue weighted by atomic mass is 32.2. The first-order valence-electron chi connectivity index (χ1n) is 5.17. The summed E-state index contributed by atoms with van der Waals surface area (Å²) in [5.41, 5.74) is 8.50. The van der Waals surface area contributed by atoms with Crippen LogP contribution in [0.2, 0.25) is 0 Å². The molecule has 1 unspecified atom stereocenters. The van der Waals surface area contributed by atoms with Crippen molar-refractivity contribution in [2.45, 2.75) is 30.7 Å². The van der Waals surface area contributed by atoms with Crippen LogP contribution in [0.15, 0.2) is 41.3 Å². The number of thioether (sulfide) groups is 1. The van der Waals surface area contributed by atoms with E-state index in [1.165, 1.54) is 16.0 Å². The van der Waals surface area contributed by atoms with Crippen molar-refractivity contribution >= 4 is 11.8 Å². The van der Waals surface area contributed by atoms with Gasteiger partial charge in [-0.3, -0.25) is 0 Å². The summed E-state index contributed by atoms with van der Waals surface area (Å²) in [5, 5.41) is 0. The SMILES string of the molecule is C=C(C)CCC(N)c1ccc(SC)cc1. The molecule has 1 nitrogen and oxygen atoms in total. The van der Waals surface area contributed by atoms with Crippen LogP contribution in [0.25, 0.3) is 0 Å². The third-order valence-corrected chi connectivity index (χ3v) is 3.17. The minimum absolute atomic E-state index is 0.137. The Morgan fingerprint density at radius 3 is 2.47 bits per heavy atom. The summed E-state index contributed by atoms with van der Waals surface area (Å²) in [5.74, 6) is 0. The molecule has 2 N–H and O–H groups in total. The van der Waals surface area contributed by atoms with Gasteiger partial charge in [0.25, 0.3) is 0 Å². The van der Waals surface area contributed by atoms with Crippen molar-refractivity contribution in [2.24, 2.45) is 5.73 Å². The van der Waals surface area contributed by atoms with Gasteiger partial charge in [-0.1, -0.05) is 17.7 Å². The van der Waals surface area contributed by atoms with E-state index in [0.29, 0.717) is 0 Å². The first-order chi connectivity index (χ1) is 7.13. The van der Waals surface area contributed by atoms with E-state index < -0.39 is 0 Å². The Hall–Kier alpha value is -0.730. The standard InChI is InChI=1S/C13H19NS/c1-10(2)4-9-13(14)11-5-7-12(15-3)8-6-11/h5-8,13H,1,4,9,14H2,2-3H3. The summed E-state index contributed by atoms with van der Waals surface area (Å²) in [6, 6.07) is 8.63. The smallest absolute Gasteiger partial charge is 0.0297 e. The van der Waals surface area contributed by atoms with E-state index in [1.54, 1.807) is 11.8 Å². The van der Waals surface area contributed by atoms with Gasteiger partial charge in [-0.2, -0.15) is 0 Å². The molecule has 1 rings (SSSR count). The number of allylic oxidation sites excluding steroid dienone is 1. The van der Waals surface area contributed by atoms with Crippen LogP contribution in [-0.2, 0) is 0 Å². The van der Waals surface area contributed by atoms with Crippen molar-refractivity contribution in [1.82, 2.24) is 0 Å². The Bertz CT molecular complexity index is 316. The molecule has 0 radical (unpaired) electrons. The maximum absolute atomic E-state index is 6.09. The molecule has 15 heavy (non-hydrogen) atoms. The highest BCUT2D eigenvalue weighted by Crippen LogP contribution is 2.21. The molecule has 1 aromatic carbocycles. The van der Waals surface area contributed by atoms with Gasteiger partial charge in [-0.25, -0.2) is 0 Å². The van der Waals surface area contributed by atoms with Crippen molar-refractivity contribution in [3.8, 4) is 0 Å². The van der Waals surface area contributed by atoms with Gasteiger partial charge >= 0.3 is 0 Å². The fraction of sp³-hybridized carbons (Fsp3) is 0.385. The van der Waals surface area contributed by atoms with Crippen molar-refractivity contribution in [3.05, 3.63) is 42.0 Å². The second-order valence-corrected chi connectivity index (χ2v) is 4.76. The zero-order chi connectivity index (χ0) is 11.3. The van der Waals surface area contributed by atoms with Crippen LogP contribution >= 0.6 is 11.8 Å². The average molecular weight is 221 g/mol. The van der Waals surface area contributed by atoms with Crippen molar-refractivity contribution in [2.75, 3.05) is 6.26 Å². The van der Waals surface area contributed by atoms with E-state index in [2.05, 4.69) is 37.1 Å². The molecule has 82 valence electrons. The monoisotopic (exact) mass is 221 g/mol. The van der Waals surface area contributed by atoms with Gasteiger partial charge < -0.3 is 5.73 Å². The Kier molecular flexibility index (Phi) is 4.92. The predicted octanol–water partition coefficient (Wildman–Crippen LogP) is 3.76. The van der Waals surface area contributed by atoms with Gasteiger partial charge in [0.2, 0.25) is 0 Å². The van der Waals surface area contributed by atoms with Crippen LogP contribution in [0.3, 0.4) is 0 Å². The minimum atomic E-state index is 0.137. The van der Waals surface area contributed by atoms with E-state index in [4.69, 9.17) is 5.73 Å². The van der Waals surface area contributed by atoms with Gasteiger partial charge in [0.1, 0.15) is 0 Å². The summed E-state index contributed by atoms with van der Waals surface area (Å²) in [6.45, 7) is 5.93. The fourth-order valence-electron chi connectivity index (χ4n) is 1.42. The van der Waals surface area contributed by atoms with Crippen molar-refractivity contribution in [3.63, 3.8) is 0 Å². The van der Waals surface area contributed by atoms with Crippen LogP contribution in [0.5, 0.6) is 0 Å². The number of nitrogens with two attached hydrogens (primary N) is 1. The van der Waals surface area contributed by atoms with E-state index in [9.17, 15) is 0 Å². The van der Waals surface area contributed by atoms with Crippen molar-refractivity contribution in [1.29, 1.82) is 0 Å². The largest absolute Gasteiger partial charge is 0.324 e. The molecule has 0 bridgehead atoms. The number of hydrogen-bond donors (Lipinski definition) is 1. The lowest BCUT2D eigenvalue weighted by molar-refractivity contribution is 0.649. The fourth-order valence-corrected chi connectivity index (χ4v) is 1.83. The molecule has 0 saturated carbocycles. The maximum Gasteiger partial charge on any atom is 0.0297 e. The molecular formula is C13H19NS. The molecule has 1 atom stereocenters. The molecule has 0 heterocycles. The quantitative estimate of drug-likeness (QED) is 0.605. The van der Waals surface area contributed by atoms with Gasteiger partial charge in [0, 0.05) is 10.9 Å². The zero-order valence-electron chi connectivity index (χ0n) is 9.49. The third kappa shape index (κ3) is 4.10. The van der Waals surface area contributed by atoms with Crippen LogP contribution in [0.4, 0.5) is 0 Å². The predicted molar refractivity (Wildman–Crippen MR) is 69.2 cm³/mol. The van der Waals surface area contributed by atoms with Crippen LogP contribution < -0.4 is 5.73 Å². The highest BCUT2D eigenvalue weighted by molar-refractivity contribution is 7.98. The van der Waals surface area contributed by atoms with Gasteiger partial charge in [-0.05, 0) is 43.7 Å². The minimum Gasteiger partial charge on any atom is -0.324 e. The summed E-state index contributed by atoms with van der Waals surface area (Å²) < 4.78 is 0. The molecule has 0 aliphatic carbocycles. The molecule has 0 saturated heterocycles. The first kappa shape index (κ1) is 12.3. The Morgan fingerprint density at radius 2 is 2.00 bits per heavy atom. The van der Waals surface area contributed by atoms with Crippen LogP contribution in [0, 0.1) is 0 Å². The summed E-state index contributed by atoms with van der Waals surface area (Å²) >= 11 is 1.75. The Morgan fingerprint density at radius 1 is 1.40 bits per heavy atom. The molecule has 0 aliphatic rings. The molecule has 0 amide bonds. The summed E-state index contributed by atoms with van der Waals surface area (Å²) in [7, 11) is 0. The lowest BCUT2D eigenvalue weighted by Gasteiger charge is -2.12. The van der Waals surface area contributed by atoms with E-state index >= 15 is 0 Å². The second-order valence-electron chi connectivity index (χ2n) is 3.88. The topological polar surface area (TPSA) is 26.0 Å². The van der Waals surface area contributed by atoms with Gasteiger partial charge in [-0.15, -0.1) is 18.3 Å². The molecule has 2 heteroatoms. The Labute approximate surface area is 96.8 Å². The number of hydrogen-bond acceptors (Lipinski definition) is 2. The van der Waals surface area contributed by atoms with E-state index in [-0.39, 0.29) is 6.04 Å². The molecule has 1 aromatic rings. The lowest BCUT2D eigenvalue weighted by Crippen LogP contribution is -2.09. The maximum atomic E-state index is 6.09. The zero-order valence-corrected chi connectivity index (χ0v) is 10.3. The normalized spacial score (nSPS) is 12.5. The number of benzene rings is 1. The molecule has 0 fully saturated rings. The molecular weight excluding hydrogens is 202 g/mol. The van der Waals surface area contributed by atoms with Gasteiger partial charge in [0.05, 0.1) is 0 Å². The van der Waals surface area contributed by atoms with Crippen LogP contribution in [0.1, 0.15) is 31.4 Å². The molecule has 0 aromatic heterocycles. The first-order valence-corrected chi connectivity index (χ1v) is 6.40. The molecule has 0 spiro atoms. The average Bonchev–Trinajstić information content (AvgIpc) is 2.26. The number of rotatable bonds is 5. The Balaban J connectivity index is 2.57. The third-order valence-electron chi connectivity index (χ3n) is 2.43. The van der Waals surface area contributed by atoms with E-state index in [1.807, 2.05) is 6.92 Å². The summed E-state index contributed by atoms with van der Waals surface area (Å²) in [4.78, 5) is 1.28. The van der Waals surface area contributed by atoms with Crippen molar-refractivity contribution < 1.29 is 0 Å². The second kappa shape index (κ2) is 5.99. The van der Waals surface area contributed by atoms with Gasteiger partial charge in [0.15, 0.2) is 0 Å². The summed E-state index contributed by atoms with van der Waals surface area (Å²) in [6.07, 6.45) is 4.06.